The van der Waals surface area contributed by atoms with Gasteiger partial charge in [0.05, 0.1) is 5.56 Å². The highest BCUT2D eigenvalue weighted by Gasteiger charge is 2.25. The standard InChI is InChI=1S/C22H29FN2O/c1-22(2,3)25-14-12-19(16-25)21(26)24-13-4-5-18(15-24)7-6-17-8-10-20(23)11-9-17/h8-12,14,16,18H,4-7,13,15H2,1-3H3/t18-/m0/s1. The molecule has 4 heteroatoms. The molecule has 0 unspecified atom stereocenters. The smallest absolute Gasteiger partial charge is 0.255 e. The van der Waals surface area contributed by atoms with Crippen molar-refractivity contribution in [1.82, 2.24) is 9.47 Å². The zero-order chi connectivity index (χ0) is 18.7. The summed E-state index contributed by atoms with van der Waals surface area (Å²) in [6.07, 6.45) is 8.15. The summed E-state index contributed by atoms with van der Waals surface area (Å²) in [4.78, 5) is 14.9. The Morgan fingerprint density at radius 2 is 1.92 bits per heavy atom. The summed E-state index contributed by atoms with van der Waals surface area (Å²) in [7, 11) is 0. The molecule has 2 heterocycles. The predicted octanol–water partition coefficient (Wildman–Crippen LogP) is 4.87. The number of benzene rings is 1. The Labute approximate surface area is 155 Å². The van der Waals surface area contributed by atoms with Crippen molar-refractivity contribution in [3.63, 3.8) is 0 Å². The molecule has 26 heavy (non-hydrogen) atoms. The second-order valence-electron chi connectivity index (χ2n) is 8.40. The Morgan fingerprint density at radius 1 is 1.19 bits per heavy atom. The van der Waals surface area contributed by atoms with E-state index in [-0.39, 0.29) is 17.3 Å². The SMILES string of the molecule is CC(C)(C)n1ccc(C(=O)N2CCC[C@@H](CCc3ccc(F)cc3)C2)c1. The van der Waals surface area contributed by atoms with Crippen LogP contribution < -0.4 is 0 Å². The number of carbonyl (C=O) groups is 1. The van der Waals surface area contributed by atoms with Gasteiger partial charge in [-0.05, 0) is 76.1 Å². The van der Waals surface area contributed by atoms with Gasteiger partial charge in [-0.15, -0.1) is 0 Å². The van der Waals surface area contributed by atoms with Gasteiger partial charge >= 0.3 is 0 Å². The van der Waals surface area contributed by atoms with Crippen molar-refractivity contribution in [2.45, 2.75) is 52.0 Å². The number of rotatable bonds is 4. The van der Waals surface area contributed by atoms with Crippen molar-refractivity contribution >= 4 is 5.91 Å². The first kappa shape index (κ1) is 18.7. The molecule has 1 aliphatic rings. The molecule has 3 rings (SSSR count). The van der Waals surface area contributed by atoms with Gasteiger partial charge in [0.2, 0.25) is 0 Å². The molecular weight excluding hydrogens is 327 g/mol. The van der Waals surface area contributed by atoms with Crippen LogP contribution in [0.15, 0.2) is 42.7 Å². The normalized spacial score (nSPS) is 18.2. The summed E-state index contributed by atoms with van der Waals surface area (Å²) in [5.74, 6) is 0.465. The van der Waals surface area contributed by atoms with Gasteiger partial charge in [-0.3, -0.25) is 4.79 Å². The number of likely N-dealkylation sites (tertiary alicyclic amines) is 1. The first-order valence-corrected chi connectivity index (χ1v) is 9.55. The van der Waals surface area contributed by atoms with Crippen LogP contribution in [0.3, 0.4) is 0 Å². The zero-order valence-corrected chi connectivity index (χ0v) is 16.0. The predicted molar refractivity (Wildman–Crippen MR) is 103 cm³/mol. The Hall–Kier alpha value is -2.10. The van der Waals surface area contributed by atoms with E-state index >= 15 is 0 Å². The molecule has 1 aromatic heterocycles. The zero-order valence-electron chi connectivity index (χ0n) is 16.0. The minimum atomic E-state index is -0.189. The first-order valence-electron chi connectivity index (χ1n) is 9.55. The fourth-order valence-electron chi connectivity index (χ4n) is 3.63. The van der Waals surface area contributed by atoms with Crippen molar-refractivity contribution in [2.75, 3.05) is 13.1 Å². The molecule has 140 valence electrons. The number of carbonyl (C=O) groups excluding carboxylic acids is 1. The van der Waals surface area contributed by atoms with Crippen LogP contribution in [0, 0.1) is 11.7 Å². The van der Waals surface area contributed by atoms with E-state index in [1.165, 1.54) is 12.1 Å². The van der Waals surface area contributed by atoms with Gasteiger partial charge in [0.15, 0.2) is 0 Å². The topological polar surface area (TPSA) is 25.2 Å². The average Bonchev–Trinajstić information content (AvgIpc) is 3.11. The van der Waals surface area contributed by atoms with E-state index in [2.05, 4.69) is 25.3 Å². The Morgan fingerprint density at radius 3 is 2.58 bits per heavy atom. The Balaban J connectivity index is 1.58. The number of aromatic nitrogens is 1. The summed E-state index contributed by atoms with van der Waals surface area (Å²) in [5.41, 5.74) is 1.93. The molecule has 0 bridgehead atoms. The molecule has 2 aromatic rings. The molecule has 1 fully saturated rings. The van der Waals surface area contributed by atoms with Gasteiger partial charge in [-0.25, -0.2) is 4.39 Å². The van der Waals surface area contributed by atoms with E-state index in [1.54, 1.807) is 0 Å². The number of piperidine rings is 1. The van der Waals surface area contributed by atoms with E-state index < -0.39 is 0 Å². The highest BCUT2D eigenvalue weighted by molar-refractivity contribution is 5.94. The third kappa shape index (κ3) is 4.54. The lowest BCUT2D eigenvalue weighted by atomic mass is 9.91. The van der Waals surface area contributed by atoms with E-state index in [1.807, 2.05) is 35.5 Å². The second-order valence-corrected chi connectivity index (χ2v) is 8.40. The molecule has 0 aliphatic carbocycles. The molecular formula is C22H29FN2O. The number of nitrogens with zero attached hydrogens (tertiary/aromatic N) is 2. The second kappa shape index (κ2) is 7.65. The molecule has 0 N–H and O–H groups in total. The van der Waals surface area contributed by atoms with E-state index in [0.29, 0.717) is 5.92 Å². The van der Waals surface area contributed by atoms with Gasteiger partial charge in [0.1, 0.15) is 5.82 Å². The monoisotopic (exact) mass is 356 g/mol. The number of halogens is 1. The molecule has 1 aromatic carbocycles. The van der Waals surface area contributed by atoms with Crippen molar-refractivity contribution in [1.29, 1.82) is 0 Å². The van der Waals surface area contributed by atoms with Gasteiger partial charge < -0.3 is 9.47 Å². The fraction of sp³-hybridized carbons (Fsp3) is 0.500. The van der Waals surface area contributed by atoms with Crippen LogP contribution in [0.25, 0.3) is 0 Å². The van der Waals surface area contributed by atoms with E-state index in [0.717, 1.165) is 49.9 Å². The Bertz CT molecular complexity index is 742. The van der Waals surface area contributed by atoms with Crippen molar-refractivity contribution in [3.05, 3.63) is 59.7 Å². The lowest BCUT2D eigenvalue weighted by Crippen LogP contribution is -2.40. The van der Waals surface area contributed by atoms with Crippen LogP contribution in [-0.4, -0.2) is 28.5 Å². The molecule has 1 aliphatic heterocycles. The van der Waals surface area contributed by atoms with Crippen molar-refractivity contribution < 1.29 is 9.18 Å². The number of aryl methyl sites for hydroxylation is 1. The molecule has 1 saturated heterocycles. The summed E-state index contributed by atoms with van der Waals surface area (Å²) < 4.78 is 15.1. The van der Waals surface area contributed by atoms with Gasteiger partial charge in [0.25, 0.3) is 5.91 Å². The molecule has 1 amide bonds. The van der Waals surface area contributed by atoms with Crippen molar-refractivity contribution in [3.8, 4) is 0 Å². The number of hydrogen-bond donors (Lipinski definition) is 0. The Kier molecular flexibility index (Phi) is 5.49. The lowest BCUT2D eigenvalue weighted by molar-refractivity contribution is 0.0668. The molecule has 3 nitrogen and oxygen atoms in total. The molecule has 0 saturated carbocycles. The van der Waals surface area contributed by atoms with E-state index in [9.17, 15) is 9.18 Å². The van der Waals surface area contributed by atoms with Crippen LogP contribution in [0.1, 0.15) is 56.0 Å². The van der Waals surface area contributed by atoms with Crippen LogP contribution in [0.5, 0.6) is 0 Å². The minimum Gasteiger partial charge on any atom is -0.348 e. The minimum absolute atomic E-state index is 0.0158. The van der Waals surface area contributed by atoms with Crippen LogP contribution in [0.2, 0.25) is 0 Å². The maximum atomic E-state index is 13.0. The van der Waals surface area contributed by atoms with Gasteiger partial charge in [-0.2, -0.15) is 0 Å². The maximum Gasteiger partial charge on any atom is 0.255 e. The third-order valence-electron chi connectivity index (χ3n) is 5.28. The van der Waals surface area contributed by atoms with Gasteiger partial charge in [-0.1, -0.05) is 12.1 Å². The summed E-state index contributed by atoms with van der Waals surface area (Å²) in [5, 5.41) is 0. The van der Waals surface area contributed by atoms with E-state index in [4.69, 9.17) is 0 Å². The molecule has 1 atom stereocenters. The summed E-state index contributed by atoms with van der Waals surface area (Å²) in [6.45, 7) is 8.06. The third-order valence-corrected chi connectivity index (χ3v) is 5.28. The quantitative estimate of drug-likeness (QED) is 0.767. The first-order chi connectivity index (χ1) is 12.3. The highest BCUT2D eigenvalue weighted by atomic mass is 19.1. The fourth-order valence-corrected chi connectivity index (χ4v) is 3.63. The highest BCUT2D eigenvalue weighted by Crippen LogP contribution is 2.24. The number of amides is 1. The summed E-state index contributed by atoms with van der Waals surface area (Å²) >= 11 is 0. The van der Waals surface area contributed by atoms with Gasteiger partial charge in [0, 0.05) is 31.0 Å². The molecule has 0 spiro atoms. The maximum absolute atomic E-state index is 13.0. The lowest BCUT2D eigenvalue weighted by Gasteiger charge is -2.33. The van der Waals surface area contributed by atoms with Crippen LogP contribution >= 0.6 is 0 Å². The largest absolute Gasteiger partial charge is 0.348 e. The van der Waals surface area contributed by atoms with Crippen molar-refractivity contribution in [2.24, 2.45) is 5.92 Å². The average molecular weight is 356 g/mol. The molecule has 0 radical (unpaired) electrons. The van der Waals surface area contributed by atoms with Crippen LogP contribution in [-0.2, 0) is 12.0 Å². The van der Waals surface area contributed by atoms with Crippen LogP contribution in [0.4, 0.5) is 4.39 Å². The summed E-state index contributed by atoms with van der Waals surface area (Å²) in [6, 6.07) is 8.68. The number of hydrogen-bond acceptors (Lipinski definition) is 1.